The first-order valence-electron chi connectivity index (χ1n) is 28.6. The summed E-state index contributed by atoms with van der Waals surface area (Å²) in [5.41, 5.74) is 10.7. The number of hydrogen-bond donors (Lipinski definition) is 0. The van der Waals surface area contributed by atoms with Gasteiger partial charge in [-0.3, -0.25) is 0 Å². The maximum absolute atomic E-state index is 10.9. The summed E-state index contributed by atoms with van der Waals surface area (Å²) < 4.78 is 113. The van der Waals surface area contributed by atoms with Gasteiger partial charge in [-0.25, -0.2) is 0 Å². The predicted octanol–water partition coefficient (Wildman–Crippen LogP) is 15.4. The number of hydrogen-bond acceptors (Lipinski definition) is 3. The van der Waals surface area contributed by atoms with Gasteiger partial charge in [0.1, 0.15) is 5.58 Å². The minimum Gasteiger partial charge on any atom is -0.454 e. The van der Waals surface area contributed by atoms with Gasteiger partial charge >= 0.3 is 0 Å². The molecule has 0 saturated carbocycles. The molecule has 4 heterocycles. The van der Waals surface area contributed by atoms with E-state index in [4.69, 9.17) is 9.90 Å². The molecule has 2 aliphatic heterocycles. The Morgan fingerprint density at radius 2 is 1.06 bits per heavy atom. The van der Waals surface area contributed by atoms with Crippen LogP contribution >= 0.6 is 0 Å². The number of rotatable bonds is 5. The van der Waals surface area contributed by atoms with Crippen molar-refractivity contribution in [1.82, 2.24) is 4.57 Å². The van der Waals surface area contributed by atoms with Crippen molar-refractivity contribution in [2.24, 2.45) is 0 Å². The molecule has 12 aromatic rings. The lowest BCUT2D eigenvalue weighted by Gasteiger charge is -2.45. The first kappa shape index (κ1) is 30.0. The Labute approximate surface area is 417 Å². The standard InChI is InChI=1S/C64H46BN3O/c1-64(2,3)45-38-59-62-60(39-45)68(57-27-16-24-51-50-23-12-15-28-61(50)69-63(51)57)58-40-47(67-54-25-13-10-21-48(54)49-22-11-14-26-55(49)67)34-35-52(58)65(62)53-37-44(42-19-8-5-9-20-42)31-36-56(53)66(59)46-32-29-43(30-33-46)41-17-6-4-7-18-41/h4-40H,1-3H3/i10D,11D,13D,14D,21D,22D,25D,26D,34D,35D,40D. The van der Waals surface area contributed by atoms with Crippen LogP contribution in [0.15, 0.2) is 229 Å². The van der Waals surface area contributed by atoms with Crippen LogP contribution in [-0.4, -0.2) is 11.3 Å². The van der Waals surface area contributed by atoms with Gasteiger partial charge in [-0.1, -0.05) is 178 Å². The number of benzene rings is 10. The normalized spacial score (nSPS) is 15.3. The van der Waals surface area contributed by atoms with E-state index in [-0.39, 0.29) is 45.3 Å². The summed E-state index contributed by atoms with van der Waals surface area (Å²) in [5.74, 6) is 0. The zero-order valence-corrected chi connectivity index (χ0v) is 37.8. The molecule has 0 bridgehead atoms. The molecule has 0 N–H and O–H groups in total. The molecule has 4 nitrogen and oxygen atoms in total. The van der Waals surface area contributed by atoms with Crippen molar-refractivity contribution in [1.29, 1.82) is 0 Å². The zero-order chi connectivity index (χ0) is 55.5. The lowest BCUT2D eigenvalue weighted by molar-refractivity contribution is 0.590. The summed E-state index contributed by atoms with van der Waals surface area (Å²) in [6.45, 7) is 5.65. The molecular weight excluding hydrogens is 838 g/mol. The summed E-state index contributed by atoms with van der Waals surface area (Å²) >= 11 is 0. The van der Waals surface area contributed by atoms with Crippen LogP contribution in [0.1, 0.15) is 41.4 Å². The molecule has 0 aliphatic carbocycles. The third kappa shape index (κ3) is 6.03. The molecule has 0 saturated heterocycles. The molecular formula is C64H46BN3O. The molecule has 0 atom stereocenters. The Morgan fingerprint density at radius 3 is 1.77 bits per heavy atom. The molecule has 326 valence electrons. The summed E-state index contributed by atoms with van der Waals surface area (Å²) in [6.07, 6.45) is 0. The summed E-state index contributed by atoms with van der Waals surface area (Å²) in [7, 11) is 0. The highest BCUT2D eigenvalue weighted by atomic mass is 16.3. The number of furan rings is 1. The fourth-order valence-corrected chi connectivity index (χ4v) is 10.6. The zero-order valence-electron chi connectivity index (χ0n) is 48.8. The first-order valence-corrected chi connectivity index (χ1v) is 23.1. The van der Waals surface area contributed by atoms with Gasteiger partial charge in [0.15, 0.2) is 5.58 Å². The molecule has 14 rings (SSSR count). The lowest BCUT2D eigenvalue weighted by Crippen LogP contribution is -2.61. The number of para-hydroxylation sites is 4. The number of anilines is 6. The third-order valence-corrected chi connectivity index (χ3v) is 13.9. The number of nitrogens with zero attached hydrogens (tertiary/aromatic N) is 3. The molecule has 0 unspecified atom stereocenters. The lowest BCUT2D eigenvalue weighted by atomic mass is 9.33. The summed E-state index contributed by atoms with van der Waals surface area (Å²) in [4.78, 5) is 4.23. The van der Waals surface area contributed by atoms with Gasteiger partial charge in [-0.2, -0.15) is 0 Å². The van der Waals surface area contributed by atoms with Gasteiger partial charge in [0.25, 0.3) is 6.71 Å². The van der Waals surface area contributed by atoms with E-state index < -0.39 is 66.5 Å². The van der Waals surface area contributed by atoms with Crippen molar-refractivity contribution >= 4 is 101 Å². The monoisotopic (exact) mass is 894 g/mol. The molecule has 0 radical (unpaired) electrons. The third-order valence-electron chi connectivity index (χ3n) is 13.9. The fourth-order valence-electron chi connectivity index (χ4n) is 10.6. The fraction of sp³-hybridized carbons (Fsp3) is 0.0625. The Morgan fingerprint density at radius 1 is 0.449 bits per heavy atom. The molecule has 10 aromatic carbocycles. The van der Waals surface area contributed by atoms with E-state index >= 15 is 0 Å². The highest BCUT2D eigenvalue weighted by Crippen LogP contribution is 2.49. The Hall–Kier alpha value is -8.54. The van der Waals surface area contributed by atoms with E-state index in [9.17, 15) is 9.60 Å². The van der Waals surface area contributed by atoms with E-state index in [0.29, 0.717) is 28.0 Å². The second-order valence-corrected chi connectivity index (χ2v) is 18.9. The minimum atomic E-state index is -0.795. The van der Waals surface area contributed by atoms with Crippen LogP contribution in [0.3, 0.4) is 0 Å². The molecule has 69 heavy (non-hydrogen) atoms. The first-order chi connectivity index (χ1) is 38.5. The highest BCUT2D eigenvalue weighted by molar-refractivity contribution is 7.00. The number of fused-ring (bicyclic) bond motifs is 10. The van der Waals surface area contributed by atoms with E-state index in [1.165, 1.54) is 4.57 Å². The van der Waals surface area contributed by atoms with Crippen molar-refractivity contribution in [3.8, 4) is 27.9 Å². The van der Waals surface area contributed by atoms with E-state index in [0.717, 1.165) is 66.6 Å². The van der Waals surface area contributed by atoms with Crippen LogP contribution < -0.4 is 26.2 Å². The maximum Gasteiger partial charge on any atom is 0.252 e. The van der Waals surface area contributed by atoms with Crippen molar-refractivity contribution in [3.05, 3.63) is 230 Å². The van der Waals surface area contributed by atoms with E-state index in [2.05, 4.69) is 92.4 Å². The van der Waals surface area contributed by atoms with Crippen LogP contribution in [-0.2, 0) is 5.41 Å². The van der Waals surface area contributed by atoms with Crippen molar-refractivity contribution in [2.75, 3.05) is 9.80 Å². The van der Waals surface area contributed by atoms with Gasteiger partial charge in [0.2, 0.25) is 0 Å². The van der Waals surface area contributed by atoms with Gasteiger partial charge < -0.3 is 18.8 Å². The smallest absolute Gasteiger partial charge is 0.252 e. The van der Waals surface area contributed by atoms with Gasteiger partial charge in [0, 0.05) is 55.7 Å². The van der Waals surface area contributed by atoms with Crippen LogP contribution in [0.25, 0.3) is 71.7 Å². The molecule has 0 amide bonds. The number of aromatic nitrogens is 1. The van der Waals surface area contributed by atoms with Gasteiger partial charge in [-0.05, 0) is 116 Å². The molecule has 0 spiro atoms. The van der Waals surface area contributed by atoms with Crippen LogP contribution in [0.2, 0.25) is 0 Å². The summed E-state index contributed by atoms with van der Waals surface area (Å²) in [6, 6.07) is 47.2. The topological polar surface area (TPSA) is 24.6 Å². The molecule has 5 heteroatoms. The van der Waals surface area contributed by atoms with E-state index in [1.807, 2.05) is 95.9 Å². The molecule has 2 aromatic heterocycles. The van der Waals surface area contributed by atoms with Crippen LogP contribution in [0.4, 0.5) is 34.1 Å². The average Bonchev–Trinajstić information content (AvgIpc) is 4.20. The maximum atomic E-state index is 10.9. The quantitative estimate of drug-likeness (QED) is 0.161. The second kappa shape index (κ2) is 15.0. The molecule has 0 fully saturated rings. The highest BCUT2D eigenvalue weighted by Gasteiger charge is 2.45. The Bertz CT molecular complexity index is 4590. The SMILES string of the molecule is [2H]c1c([2H])c(-n2c3c([2H])c([2H])c([2H])c([2H])c3c3c([2H])c([2H])c([2H])c([2H])c32)c([2H])c2c1B1c3cc(-c4ccccc4)ccc3N(c3ccc(-c4ccccc4)cc3)c3cc(C(C)(C)C)cc(c31)N2c1cccc2c1oc1ccccc12. The van der Waals surface area contributed by atoms with Crippen molar-refractivity contribution < 1.29 is 19.5 Å². The van der Waals surface area contributed by atoms with Crippen LogP contribution in [0.5, 0.6) is 0 Å². The average molecular weight is 895 g/mol. The minimum absolute atomic E-state index is 0.192. The van der Waals surface area contributed by atoms with Gasteiger partial charge in [0.05, 0.1) is 31.8 Å². The van der Waals surface area contributed by atoms with Crippen molar-refractivity contribution in [3.63, 3.8) is 0 Å². The van der Waals surface area contributed by atoms with Crippen molar-refractivity contribution in [2.45, 2.75) is 26.2 Å². The van der Waals surface area contributed by atoms with E-state index in [1.54, 1.807) is 0 Å². The second-order valence-electron chi connectivity index (χ2n) is 18.9. The Balaban J connectivity index is 1.17. The van der Waals surface area contributed by atoms with Gasteiger partial charge in [-0.15, -0.1) is 0 Å². The largest absolute Gasteiger partial charge is 0.454 e. The summed E-state index contributed by atoms with van der Waals surface area (Å²) in [5, 5.41) is 1.27. The van der Waals surface area contributed by atoms with Crippen LogP contribution in [0, 0.1) is 0 Å². The Kier molecular flexibility index (Phi) is 6.51. The predicted molar refractivity (Wildman–Crippen MR) is 292 cm³/mol. The molecule has 2 aliphatic rings.